The van der Waals surface area contributed by atoms with E-state index in [-0.39, 0.29) is 11.2 Å². The van der Waals surface area contributed by atoms with Gasteiger partial charge in [-0.25, -0.2) is 0 Å². The molecule has 1 rings (SSSR count). The summed E-state index contributed by atoms with van der Waals surface area (Å²) in [5.41, 5.74) is 1.34. The van der Waals surface area contributed by atoms with Crippen LogP contribution in [0.4, 0.5) is 8.78 Å². The van der Waals surface area contributed by atoms with Crippen LogP contribution in [0, 0.1) is 11.3 Å². The van der Waals surface area contributed by atoms with E-state index in [0.717, 1.165) is 18.7 Å². The van der Waals surface area contributed by atoms with Crippen LogP contribution in [0.15, 0.2) is 24.3 Å². The minimum absolute atomic E-state index is 0.196. The number of benzene rings is 1. The van der Waals surface area contributed by atoms with E-state index in [9.17, 15) is 8.78 Å². The van der Waals surface area contributed by atoms with Gasteiger partial charge in [0.05, 0.1) is 0 Å². The molecule has 0 bridgehead atoms. The maximum atomic E-state index is 12.0. The van der Waals surface area contributed by atoms with Gasteiger partial charge in [0.25, 0.3) is 0 Å². The van der Waals surface area contributed by atoms with Crippen molar-refractivity contribution in [2.45, 2.75) is 40.9 Å². The molecule has 0 aliphatic rings. The van der Waals surface area contributed by atoms with Gasteiger partial charge in [-0.15, -0.1) is 0 Å². The molecule has 4 heteroatoms. The van der Waals surface area contributed by atoms with Gasteiger partial charge in [-0.2, -0.15) is 8.78 Å². The first-order valence-electron chi connectivity index (χ1n) is 6.53. The molecule has 0 amide bonds. The van der Waals surface area contributed by atoms with Gasteiger partial charge < -0.3 is 10.1 Å². The van der Waals surface area contributed by atoms with E-state index in [1.165, 1.54) is 0 Å². The van der Waals surface area contributed by atoms with E-state index in [1.807, 2.05) is 0 Å². The van der Waals surface area contributed by atoms with Crippen molar-refractivity contribution in [3.63, 3.8) is 0 Å². The fourth-order valence-electron chi connectivity index (χ4n) is 1.53. The Kier molecular flexibility index (Phi) is 5.73. The lowest BCUT2D eigenvalue weighted by atomic mass is 9.82. The summed E-state index contributed by atoms with van der Waals surface area (Å²) in [6.45, 7) is 7.76. The molecular weight excluding hydrogens is 248 g/mol. The summed E-state index contributed by atoms with van der Waals surface area (Å²) in [5.74, 6) is 0.760. The summed E-state index contributed by atoms with van der Waals surface area (Å²) in [7, 11) is 0. The first kappa shape index (κ1) is 15.9. The Morgan fingerprint density at radius 2 is 1.74 bits per heavy atom. The van der Waals surface area contributed by atoms with Crippen molar-refractivity contribution in [2.75, 3.05) is 6.54 Å². The van der Waals surface area contributed by atoms with Crippen molar-refractivity contribution in [3.05, 3.63) is 29.8 Å². The predicted octanol–water partition coefficient (Wildman–Crippen LogP) is 4.06. The lowest BCUT2D eigenvalue weighted by molar-refractivity contribution is -0.0498. The Bertz CT molecular complexity index is 371. The molecule has 2 nitrogen and oxygen atoms in total. The molecule has 0 aromatic heterocycles. The van der Waals surface area contributed by atoms with Gasteiger partial charge in [0, 0.05) is 6.54 Å². The molecule has 1 aromatic carbocycles. The smallest absolute Gasteiger partial charge is 0.387 e. The van der Waals surface area contributed by atoms with Crippen molar-refractivity contribution in [1.29, 1.82) is 0 Å². The number of nitrogens with one attached hydrogen (secondary N) is 1. The van der Waals surface area contributed by atoms with Crippen molar-refractivity contribution < 1.29 is 13.5 Å². The second-order valence-corrected chi connectivity index (χ2v) is 5.92. The molecule has 0 radical (unpaired) electrons. The Labute approximate surface area is 114 Å². The Balaban J connectivity index is 2.38. The monoisotopic (exact) mass is 271 g/mol. The molecule has 0 saturated carbocycles. The Hall–Kier alpha value is -1.16. The van der Waals surface area contributed by atoms with Gasteiger partial charge in [-0.05, 0) is 35.6 Å². The molecule has 108 valence electrons. The third-order valence-electron chi connectivity index (χ3n) is 3.41. The van der Waals surface area contributed by atoms with Crippen molar-refractivity contribution >= 4 is 0 Å². The summed E-state index contributed by atoms with van der Waals surface area (Å²) in [5, 5.41) is 3.38. The molecule has 0 aliphatic carbocycles. The highest BCUT2D eigenvalue weighted by molar-refractivity contribution is 5.27. The van der Waals surface area contributed by atoms with Crippen molar-refractivity contribution in [1.82, 2.24) is 5.32 Å². The van der Waals surface area contributed by atoms with Gasteiger partial charge in [-0.3, -0.25) is 0 Å². The van der Waals surface area contributed by atoms with Crippen LogP contribution in [-0.4, -0.2) is 13.2 Å². The molecule has 1 unspecified atom stereocenters. The number of halogens is 2. The average molecular weight is 271 g/mol. The molecule has 0 aliphatic heterocycles. The fourth-order valence-corrected chi connectivity index (χ4v) is 1.53. The van der Waals surface area contributed by atoms with E-state index < -0.39 is 6.61 Å². The first-order valence-corrected chi connectivity index (χ1v) is 6.53. The number of ether oxygens (including phenoxy) is 1. The van der Waals surface area contributed by atoms with Gasteiger partial charge in [0.1, 0.15) is 5.75 Å². The maximum absolute atomic E-state index is 12.0. The van der Waals surface area contributed by atoms with Crippen LogP contribution >= 0.6 is 0 Å². The van der Waals surface area contributed by atoms with E-state index >= 15 is 0 Å². The molecule has 1 aromatic rings. The molecular formula is C15H23F2NO. The third-order valence-corrected chi connectivity index (χ3v) is 3.41. The SMILES string of the molecule is CC(CNCc1ccc(OC(F)F)cc1)C(C)(C)C. The predicted molar refractivity (Wildman–Crippen MR) is 73.4 cm³/mol. The van der Waals surface area contributed by atoms with Gasteiger partial charge in [0.15, 0.2) is 0 Å². The highest BCUT2D eigenvalue weighted by Crippen LogP contribution is 2.24. The number of alkyl halides is 2. The van der Waals surface area contributed by atoms with Crippen LogP contribution < -0.4 is 10.1 Å². The minimum atomic E-state index is -2.77. The molecule has 1 atom stereocenters. The summed E-state index contributed by atoms with van der Waals surface area (Å²) in [6.07, 6.45) is 0. The Morgan fingerprint density at radius 3 is 2.21 bits per heavy atom. The van der Waals surface area contributed by atoms with Gasteiger partial charge in [-0.1, -0.05) is 39.8 Å². The zero-order chi connectivity index (χ0) is 14.5. The van der Waals surface area contributed by atoms with Crippen molar-refractivity contribution in [3.8, 4) is 5.75 Å². The lowest BCUT2D eigenvalue weighted by Crippen LogP contribution is -2.29. The van der Waals surface area contributed by atoms with Gasteiger partial charge >= 0.3 is 6.61 Å². The largest absolute Gasteiger partial charge is 0.435 e. The highest BCUT2D eigenvalue weighted by Gasteiger charge is 2.19. The van der Waals surface area contributed by atoms with E-state index in [4.69, 9.17) is 0 Å². The highest BCUT2D eigenvalue weighted by atomic mass is 19.3. The minimum Gasteiger partial charge on any atom is -0.435 e. The number of hydrogen-bond acceptors (Lipinski definition) is 2. The molecule has 0 saturated heterocycles. The Morgan fingerprint density at radius 1 is 1.16 bits per heavy atom. The summed E-state index contributed by atoms with van der Waals surface area (Å²) in [4.78, 5) is 0. The summed E-state index contributed by atoms with van der Waals surface area (Å²) >= 11 is 0. The van der Waals surface area contributed by atoms with Crippen molar-refractivity contribution in [2.24, 2.45) is 11.3 Å². The van der Waals surface area contributed by atoms with E-state index in [1.54, 1.807) is 24.3 Å². The molecule has 1 N–H and O–H groups in total. The number of rotatable bonds is 6. The standard InChI is InChI=1S/C15H23F2NO/c1-11(15(2,3)4)9-18-10-12-5-7-13(8-6-12)19-14(16)17/h5-8,11,14,18H,9-10H2,1-4H3. The molecule has 0 spiro atoms. The normalized spacial score (nSPS) is 13.6. The summed E-state index contributed by atoms with van der Waals surface area (Å²) in [6, 6.07) is 6.73. The van der Waals surface area contributed by atoms with Crippen LogP contribution in [0.2, 0.25) is 0 Å². The number of hydrogen-bond donors (Lipinski definition) is 1. The van der Waals surface area contributed by atoms with E-state index in [2.05, 4.69) is 37.7 Å². The molecule has 0 fully saturated rings. The second-order valence-electron chi connectivity index (χ2n) is 5.92. The zero-order valence-corrected chi connectivity index (χ0v) is 12.0. The molecule has 19 heavy (non-hydrogen) atoms. The summed E-state index contributed by atoms with van der Waals surface area (Å²) < 4.78 is 28.3. The fraction of sp³-hybridized carbons (Fsp3) is 0.600. The second kappa shape index (κ2) is 6.85. The quantitative estimate of drug-likeness (QED) is 0.842. The maximum Gasteiger partial charge on any atom is 0.387 e. The average Bonchev–Trinajstić information content (AvgIpc) is 2.29. The lowest BCUT2D eigenvalue weighted by Gasteiger charge is -2.27. The van der Waals surface area contributed by atoms with E-state index in [0.29, 0.717) is 5.92 Å². The first-order chi connectivity index (χ1) is 8.79. The van der Waals surface area contributed by atoms with Crippen LogP contribution in [0.25, 0.3) is 0 Å². The zero-order valence-electron chi connectivity index (χ0n) is 12.0. The topological polar surface area (TPSA) is 21.3 Å². The van der Waals surface area contributed by atoms with Crippen LogP contribution in [0.5, 0.6) is 5.75 Å². The van der Waals surface area contributed by atoms with Crippen LogP contribution in [0.3, 0.4) is 0 Å². The third kappa shape index (κ3) is 6.01. The van der Waals surface area contributed by atoms with Crippen LogP contribution in [0.1, 0.15) is 33.3 Å². The molecule has 0 heterocycles. The van der Waals surface area contributed by atoms with Crippen LogP contribution in [-0.2, 0) is 6.54 Å². The van der Waals surface area contributed by atoms with Gasteiger partial charge in [0.2, 0.25) is 0 Å².